The quantitative estimate of drug-likeness (QED) is 0.810. The van der Waals surface area contributed by atoms with E-state index in [0.29, 0.717) is 25.1 Å². The molecule has 0 heterocycles. The molecule has 1 unspecified atom stereocenters. The Bertz CT molecular complexity index is 445. The molecule has 0 spiro atoms. The molecule has 120 valence electrons. The maximum absolute atomic E-state index is 12.1. The van der Waals surface area contributed by atoms with Crippen molar-refractivity contribution in [1.82, 2.24) is 5.32 Å². The molecule has 6 heteroatoms. The van der Waals surface area contributed by atoms with E-state index in [1.54, 1.807) is 13.0 Å². The Labute approximate surface area is 123 Å². The lowest BCUT2D eigenvalue weighted by atomic mass is 9.87. The molecule has 1 rings (SSSR count). The maximum Gasteiger partial charge on any atom is 0.573 e. The predicted molar refractivity (Wildman–Crippen MR) is 74.9 cm³/mol. The Morgan fingerprint density at radius 1 is 1.29 bits per heavy atom. The van der Waals surface area contributed by atoms with Gasteiger partial charge in [-0.15, -0.1) is 13.2 Å². The number of hydrogen-bond acceptors (Lipinski definition) is 3. The highest BCUT2D eigenvalue weighted by atomic mass is 19.4. The minimum Gasteiger partial charge on any atom is -0.406 e. The average Bonchev–Trinajstić information content (AvgIpc) is 2.24. The Hall–Kier alpha value is -1.27. The van der Waals surface area contributed by atoms with E-state index in [2.05, 4.69) is 10.1 Å². The monoisotopic (exact) mass is 305 g/mol. The Morgan fingerprint density at radius 2 is 1.95 bits per heavy atom. The number of aliphatic hydroxyl groups is 1. The highest BCUT2D eigenvalue weighted by Gasteiger charge is 2.31. The van der Waals surface area contributed by atoms with Crippen LogP contribution in [-0.2, 0) is 6.54 Å². The first kappa shape index (κ1) is 17.8. The van der Waals surface area contributed by atoms with Crippen molar-refractivity contribution in [3.63, 3.8) is 0 Å². The molecule has 0 aliphatic rings. The van der Waals surface area contributed by atoms with E-state index in [-0.39, 0.29) is 17.3 Å². The normalized spacial score (nSPS) is 14.0. The van der Waals surface area contributed by atoms with E-state index in [1.807, 2.05) is 13.8 Å². The van der Waals surface area contributed by atoms with E-state index in [1.165, 1.54) is 18.2 Å². The number of benzene rings is 1. The van der Waals surface area contributed by atoms with Gasteiger partial charge in [0, 0.05) is 13.1 Å². The van der Waals surface area contributed by atoms with Crippen LogP contribution in [0.5, 0.6) is 5.75 Å². The van der Waals surface area contributed by atoms with Crippen LogP contribution in [0.25, 0.3) is 0 Å². The molecule has 0 aromatic heterocycles. The van der Waals surface area contributed by atoms with Crippen molar-refractivity contribution in [2.24, 2.45) is 5.41 Å². The number of ether oxygens (including phenoxy) is 1. The summed E-state index contributed by atoms with van der Waals surface area (Å²) in [6.07, 6.45) is -4.41. The van der Waals surface area contributed by atoms with E-state index in [9.17, 15) is 18.3 Å². The molecule has 21 heavy (non-hydrogen) atoms. The summed E-state index contributed by atoms with van der Waals surface area (Å²) in [5.74, 6) is -0.218. The third-order valence-corrected chi connectivity index (χ3v) is 2.91. The van der Waals surface area contributed by atoms with Crippen LogP contribution in [0.4, 0.5) is 13.2 Å². The molecule has 3 nitrogen and oxygen atoms in total. The number of halogens is 3. The van der Waals surface area contributed by atoms with Crippen molar-refractivity contribution in [3.8, 4) is 5.75 Å². The third-order valence-electron chi connectivity index (χ3n) is 2.91. The summed E-state index contributed by atoms with van der Waals surface area (Å²) in [6, 6.07) is 5.90. The molecule has 2 N–H and O–H groups in total. The first-order valence-electron chi connectivity index (χ1n) is 6.81. The summed E-state index contributed by atoms with van der Waals surface area (Å²) in [5, 5.41) is 12.6. The zero-order chi connectivity index (χ0) is 16.1. The van der Waals surface area contributed by atoms with Gasteiger partial charge in [0.1, 0.15) is 5.75 Å². The molecular weight excluding hydrogens is 283 g/mol. The van der Waals surface area contributed by atoms with Crippen LogP contribution in [0, 0.1) is 5.41 Å². The molecule has 1 aromatic carbocycles. The summed E-state index contributed by atoms with van der Waals surface area (Å²) in [4.78, 5) is 0. The molecule has 0 saturated carbocycles. The van der Waals surface area contributed by atoms with Crippen molar-refractivity contribution >= 4 is 0 Å². The highest BCUT2D eigenvalue weighted by Crippen LogP contribution is 2.24. The van der Waals surface area contributed by atoms with Gasteiger partial charge < -0.3 is 15.2 Å². The first-order chi connectivity index (χ1) is 9.57. The molecule has 0 aliphatic carbocycles. The van der Waals surface area contributed by atoms with Crippen molar-refractivity contribution in [2.75, 3.05) is 6.54 Å². The molecule has 0 fully saturated rings. The van der Waals surface area contributed by atoms with Crippen molar-refractivity contribution in [2.45, 2.75) is 46.2 Å². The van der Waals surface area contributed by atoms with E-state index >= 15 is 0 Å². The van der Waals surface area contributed by atoms with Gasteiger partial charge in [0.05, 0.1) is 6.10 Å². The molecule has 1 aromatic rings. The Morgan fingerprint density at radius 3 is 2.52 bits per heavy atom. The fourth-order valence-electron chi connectivity index (χ4n) is 2.27. The van der Waals surface area contributed by atoms with Crippen LogP contribution in [0.15, 0.2) is 24.3 Å². The average molecular weight is 305 g/mol. The molecule has 0 aliphatic heterocycles. The lowest BCUT2D eigenvalue weighted by Gasteiger charge is -2.26. The van der Waals surface area contributed by atoms with Crippen LogP contribution in [-0.4, -0.2) is 24.1 Å². The first-order valence-corrected chi connectivity index (χ1v) is 6.81. The second kappa shape index (κ2) is 7.13. The van der Waals surface area contributed by atoms with Gasteiger partial charge in [0.15, 0.2) is 0 Å². The molecule has 0 saturated heterocycles. The molecule has 0 bridgehead atoms. The fourth-order valence-corrected chi connectivity index (χ4v) is 2.27. The Balaban J connectivity index is 2.51. The van der Waals surface area contributed by atoms with Crippen LogP contribution in [0.1, 0.15) is 32.8 Å². The van der Waals surface area contributed by atoms with Gasteiger partial charge >= 0.3 is 6.36 Å². The van der Waals surface area contributed by atoms with E-state index in [4.69, 9.17) is 0 Å². The molecule has 1 atom stereocenters. The number of aliphatic hydroxyl groups excluding tert-OH is 1. The summed E-state index contributed by atoms with van der Waals surface area (Å²) >= 11 is 0. The zero-order valence-corrected chi connectivity index (χ0v) is 12.5. The smallest absolute Gasteiger partial charge is 0.406 e. The summed E-state index contributed by atoms with van der Waals surface area (Å²) in [7, 11) is 0. The summed E-state index contributed by atoms with van der Waals surface area (Å²) < 4.78 is 40.3. The minimum atomic E-state index is -4.68. The van der Waals surface area contributed by atoms with Gasteiger partial charge in [0.25, 0.3) is 0 Å². The zero-order valence-electron chi connectivity index (χ0n) is 12.5. The van der Waals surface area contributed by atoms with E-state index in [0.717, 1.165) is 0 Å². The number of nitrogens with one attached hydrogen (secondary N) is 1. The summed E-state index contributed by atoms with van der Waals surface area (Å²) in [6.45, 7) is 6.88. The predicted octanol–water partition coefficient (Wildman–Crippen LogP) is 3.47. The van der Waals surface area contributed by atoms with Gasteiger partial charge in [-0.25, -0.2) is 0 Å². The summed E-state index contributed by atoms with van der Waals surface area (Å²) in [5.41, 5.74) is 0.624. The Kier molecular flexibility index (Phi) is 6.04. The fraction of sp³-hybridized carbons (Fsp3) is 0.600. The van der Waals surface area contributed by atoms with E-state index < -0.39 is 6.36 Å². The third kappa shape index (κ3) is 7.92. The highest BCUT2D eigenvalue weighted by molar-refractivity contribution is 5.28. The number of rotatable bonds is 7. The lowest BCUT2D eigenvalue weighted by Crippen LogP contribution is -2.31. The number of alkyl halides is 3. The molecule has 0 radical (unpaired) electrons. The van der Waals surface area contributed by atoms with Gasteiger partial charge in [-0.1, -0.05) is 26.0 Å². The van der Waals surface area contributed by atoms with Gasteiger partial charge in [-0.2, -0.15) is 0 Å². The van der Waals surface area contributed by atoms with Crippen molar-refractivity contribution < 1.29 is 23.0 Å². The SMILES string of the molecule is CC(O)CC(C)(C)CNCc1cccc(OC(F)(F)F)c1. The van der Waals surface area contributed by atoms with Crippen molar-refractivity contribution in [3.05, 3.63) is 29.8 Å². The topological polar surface area (TPSA) is 41.5 Å². The number of hydrogen-bond donors (Lipinski definition) is 2. The molecule has 0 amide bonds. The lowest BCUT2D eigenvalue weighted by molar-refractivity contribution is -0.274. The standard InChI is InChI=1S/C15H22F3NO2/c1-11(20)8-14(2,3)10-19-9-12-5-4-6-13(7-12)21-15(16,17)18/h4-7,11,19-20H,8-10H2,1-3H3. The maximum atomic E-state index is 12.1. The van der Waals surface area contributed by atoms with Crippen LogP contribution < -0.4 is 10.1 Å². The second-order valence-electron chi connectivity index (χ2n) is 6.02. The van der Waals surface area contributed by atoms with Crippen LogP contribution in [0.2, 0.25) is 0 Å². The van der Waals surface area contributed by atoms with Crippen LogP contribution >= 0.6 is 0 Å². The van der Waals surface area contributed by atoms with Gasteiger partial charge in [-0.3, -0.25) is 0 Å². The molecular formula is C15H22F3NO2. The van der Waals surface area contributed by atoms with Crippen molar-refractivity contribution in [1.29, 1.82) is 0 Å². The largest absolute Gasteiger partial charge is 0.573 e. The minimum absolute atomic E-state index is 0.0890. The van der Waals surface area contributed by atoms with Crippen LogP contribution in [0.3, 0.4) is 0 Å². The second-order valence-corrected chi connectivity index (χ2v) is 6.02. The van der Waals surface area contributed by atoms with Gasteiger partial charge in [0.2, 0.25) is 0 Å². The van der Waals surface area contributed by atoms with Gasteiger partial charge in [-0.05, 0) is 36.5 Å².